The Kier molecular flexibility index (Phi) is 2.93. The maximum Gasteiger partial charge on any atom is 0.373 e. The molecular weight excluding hydrogens is 244 g/mol. The Morgan fingerprint density at radius 1 is 1.00 bits per heavy atom. The monoisotopic (exact) mass is 256 g/mol. The highest BCUT2D eigenvalue weighted by atomic mass is 16.7. The van der Waals surface area contributed by atoms with Gasteiger partial charge in [-0.2, -0.15) is 0 Å². The van der Waals surface area contributed by atoms with Gasteiger partial charge in [-0.3, -0.25) is 0 Å². The fourth-order valence-electron chi connectivity index (χ4n) is 2.14. The molecule has 4 heteroatoms. The van der Waals surface area contributed by atoms with E-state index >= 15 is 0 Å². The van der Waals surface area contributed by atoms with E-state index in [1.165, 1.54) is 0 Å². The molecule has 1 N–H and O–H groups in total. The Morgan fingerprint density at radius 3 is 2.42 bits per heavy atom. The average Bonchev–Trinajstić information content (AvgIpc) is 2.47. The molecule has 0 spiro atoms. The minimum Gasteiger partial charge on any atom is -0.477 e. The molecule has 2 aromatic rings. The van der Waals surface area contributed by atoms with Crippen LogP contribution in [0.1, 0.15) is 17.2 Å². The van der Waals surface area contributed by atoms with Crippen LogP contribution in [0.3, 0.4) is 0 Å². The Balaban J connectivity index is 2.06. The van der Waals surface area contributed by atoms with Gasteiger partial charge in [-0.25, -0.2) is 4.79 Å². The first-order valence-electron chi connectivity index (χ1n) is 5.94. The molecule has 1 aliphatic rings. The first-order chi connectivity index (χ1) is 9.25. The van der Waals surface area contributed by atoms with Crippen LogP contribution in [0.25, 0.3) is 0 Å². The van der Waals surface area contributed by atoms with Crippen molar-refractivity contribution in [3.8, 4) is 5.75 Å². The molecule has 2 aromatic carbocycles. The molecule has 1 heterocycles. The maximum atomic E-state index is 11.1. The second kappa shape index (κ2) is 4.74. The zero-order valence-corrected chi connectivity index (χ0v) is 10.0. The summed E-state index contributed by atoms with van der Waals surface area (Å²) in [6.45, 7) is 0. The van der Waals surface area contributed by atoms with Crippen LogP contribution in [-0.4, -0.2) is 17.4 Å². The van der Waals surface area contributed by atoms with E-state index in [0.29, 0.717) is 5.75 Å². The lowest BCUT2D eigenvalue weighted by atomic mass is 9.99. The van der Waals surface area contributed by atoms with Gasteiger partial charge in [-0.05, 0) is 11.6 Å². The average molecular weight is 256 g/mol. The summed E-state index contributed by atoms with van der Waals surface area (Å²) in [5, 5.41) is 9.08. The van der Waals surface area contributed by atoms with Gasteiger partial charge in [0, 0.05) is 5.56 Å². The fraction of sp³-hybridized carbons (Fsp3) is 0.133. The number of hydrogen-bond donors (Lipinski definition) is 1. The molecule has 0 radical (unpaired) electrons. The number of para-hydroxylation sites is 1. The maximum absolute atomic E-state index is 11.1. The molecule has 0 saturated carbocycles. The summed E-state index contributed by atoms with van der Waals surface area (Å²) < 4.78 is 10.9. The van der Waals surface area contributed by atoms with Crippen LogP contribution < -0.4 is 4.74 Å². The topological polar surface area (TPSA) is 55.8 Å². The number of carboxylic acid groups (broad SMARTS) is 1. The van der Waals surface area contributed by atoms with Crippen molar-refractivity contribution in [2.45, 2.75) is 12.4 Å². The van der Waals surface area contributed by atoms with Crippen molar-refractivity contribution in [2.24, 2.45) is 0 Å². The van der Waals surface area contributed by atoms with Gasteiger partial charge >= 0.3 is 5.97 Å². The van der Waals surface area contributed by atoms with Crippen LogP contribution in [0.5, 0.6) is 5.75 Å². The highest BCUT2D eigenvalue weighted by Crippen LogP contribution is 2.38. The third kappa shape index (κ3) is 2.18. The minimum atomic E-state index is -1.28. The molecule has 2 unspecified atom stereocenters. The molecule has 96 valence electrons. The first-order valence-corrected chi connectivity index (χ1v) is 5.94. The fourth-order valence-corrected chi connectivity index (χ4v) is 2.14. The smallest absolute Gasteiger partial charge is 0.373 e. The van der Waals surface area contributed by atoms with Crippen molar-refractivity contribution in [3.05, 3.63) is 65.7 Å². The molecule has 3 rings (SSSR count). The van der Waals surface area contributed by atoms with Gasteiger partial charge < -0.3 is 14.6 Å². The van der Waals surface area contributed by atoms with E-state index in [1.807, 2.05) is 48.5 Å². The zero-order chi connectivity index (χ0) is 13.2. The lowest BCUT2D eigenvalue weighted by molar-refractivity contribution is -0.183. The molecular formula is C15H12O4. The summed E-state index contributed by atoms with van der Waals surface area (Å²) in [6, 6.07) is 16.8. The second-order valence-corrected chi connectivity index (χ2v) is 4.25. The van der Waals surface area contributed by atoms with Crippen LogP contribution >= 0.6 is 0 Å². The predicted molar refractivity (Wildman–Crippen MR) is 67.9 cm³/mol. The van der Waals surface area contributed by atoms with Crippen LogP contribution in [0.4, 0.5) is 0 Å². The van der Waals surface area contributed by atoms with Crippen molar-refractivity contribution >= 4 is 5.97 Å². The van der Waals surface area contributed by atoms with Gasteiger partial charge in [-0.1, -0.05) is 48.5 Å². The highest BCUT2D eigenvalue weighted by Gasteiger charge is 2.33. The number of carboxylic acids is 1. The van der Waals surface area contributed by atoms with E-state index in [2.05, 4.69) is 0 Å². The molecule has 0 aromatic heterocycles. The van der Waals surface area contributed by atoms with Crippen molar-refractivity contribution in [1.82, 2.24) is 0 Å². The largest absolute Gasteiger partial charge is 0.477 e. The van der Waals surface area contributed by atoms with Crippen molar-refractivity contribution in [1.29, 1.82) is 0 Å². The lowest BCUT2D eigenvalue weighted by Crippen LogP contribution is -2.35. The van der Waals surface area contributed by atoms with Gasteiger partial charge in [0.1, 0.15) is 11.9 Å². The normalized spacial score (nSPS) is 21.3. The number of ether oxygens (including phenoxy) is 2. The van der Waals surface area contributed by atoms with Crippen LogP contribution in [0.2, 0.25) is 0 Å². The van der Waals surface area contributed by atoms with Gasteiger partial charge in [-0.15, -0.1) is 0 Å². The van der Waals surface area contributed by atoms with Crippen molar-refractivity contribution in [3.63, 3.8) is 0 Å². The molecule has 0 saturated heterocycles. The quantitative estimate of drug-likeness (QED) is 0.897. The summed E-state index contributed by atoms with van der Waals surface area (Å²) >= 11 is 0. The lowest BCUT2D eigenvalue weighted by Gasteiger charge is -2.30. The molecule has 1 aliphatic heterocycles. The summed E-state index contributed by atoms with van der Waals surface area (Å²) in [5.41, 5.74) is 1.75. The van der Waals surface area contributed by atoms with Gasteiger partial charge in [0.2, 0.25) is 0 Å². The number of rotatable bonds is 2. The molecule has 2 atom stereocenters. The van der Waals surface area contributed by atoms with Crippen LogP contribution in [0, 0.1) is 0 Å². The highest BCUT2D eigenvalue weighted by molar-refractivity contribution is 5.71. The molecule has 0 fully saturated rings. The minimum absolute atomic E-state index is 0.424. The van der Waals surface area contributed by atoms with E-state index in [-0.39, 0.29) is 0 Å². The summed E-state index contributed by atoms with van der Waals surface area (Å²) in [4.78, 5) is 11.1. The van der Waals surface area contributed by atoms with E-state index in [1.54, 1.807) is 6.07 Å². The molecule has 0 bridgehead atoms. The number of aliphatic carboxylic acids is 1. The number of fused-ring (bicyclic) bond motifs is 1. The van der Waals surface area contributed by atoms with Gasteiger partial charge in [0.15, 0.2) is 0 Å². The van der Waals surface area contributed by atoms with E-state index in [9.17, 15) is 4.79 Å². The van der Waals surface area contributed by atoms with E-state index in [0.717, 1.165) is 11.1 Å². The Morgan fingerprint density at radius 2 is 1.68 bits per heavy atom. The second-order valence-electron chi connectivity index (χ2n) is 4.25. The summed E-state index contributed by atoms with van der Waals surface area (Å²) in [7, 11) is 0. The zero-order valence-electron chi connectivity index (χ0n) is 10.0. The SMILES string of the molecule is O=C(O)C1Oc2ccccc2C(c2ccccc2)O1. The number of carbonyl (C=O) groups is 1. The van der Waals surface area contributed by atoms with Crippen molar-refractivity contribution in [2.75, 3.05) is 0 Å². The van der Waals surface area contributed by atoms with E-state index < -0.39 is 18.4 Å². The Hall–Kier alpha value is -2.33. The third-order valence-electron chi connectivity index (χ3n) is 3.00. The molecule has 4 nitrogen and oxygen atoms in total. The Bertz CT molecular complexity index is 594. The number of hydrogen-bond acceptors (Lipinski definition) is 3. The first kappa shape index (κ1) is 11.7. The Labute approximate surface area is 110 Å². The van der Waals surface area contributed by atoms with Gasteiger partial charge in [0.25, 0.3) is 6.29 Å². The van der Waals surface area contributed by atoms with Crippen LogP contribution in [-0.2, 0) is 9.53 Å². The standard InChI is InChI=1S/C15H12O4/c16-14(17)15-18-12-9-5-4-8-11(12)13(19-15)10-6-2-1-3-7-10/h1-9,13,15H,(H,16,17). The van der Waals surface area contributed by atoms with E-state index in [4.69, 9.17) is 14.6 Å². The predicted octanol–water partition coefficient (Wildman–Crippen LogP) is 2.60. The van der Waals surface area contributed by atoms with Crippen molar-refractivity contribution < 1.29 is 19.4 Å². The summed E-state index contributed by atoms with van der Waals surface area (Å²) in [6.07, 6.45) is -1.70. The molecule has 0 amide bonds. The molecule has 0 aliphatic carbocycles. The summed E-state index contributed by atoms with van der Waals surface area (Å²) in [5.74, 6) is -0.578. The van der Waals surface area contributed by atoms with Gasteiger partial charge in [0.05, 0.1) is 0 Å². The third-order valence-corrected chi connectivity index (χ3v) is 3.00. The molecule has 19 heavy (non-hydrogen) atoms. The number of benzene rings is 2. The van der Waals surface area contributed by atoms with Crippen LogP contribution in [0.15, 0.2) is 54.6 Å².